The highest BCUT2D eigenvalue weighted by atomic mass is 19.4. The van der Waals surface area contributed by atoms with Crippen molar-refractivity contribution in [3.63, 3.8) is 0 Å². The number of amides is 1. The number of hydrogen-bond donors (Lipinski definition) is 2. The lowest BCUT2D eigenvalue weighted by molar-refractivity contribution is -0.384. The Balaban J connectivity index is 1.79. The molecule has 2 N–H and O–H groups in total. The van der Waals surface area contributed by atoms with Crippen molar-refractivity contribution >= 4 is 11.6 Å². The summed E-state index contributed by atoms with van der Waals surface area (Å²) in [5, 5.41) is 19.6. The molecule has 0 unspecified atom stereocenters. The third-order valence-corrected chi connectivity index (χ3v) is 4.01. The van der Waals surface area contributed by atoms with Crippen LogP contribution < -0.4 is 5.32 Å². The van der Waals surface area contributed by atoms with E-state index in [0.29, 0.717) is 11.3 Å². The first kappa shape index (κ1) is 19.1. The minimum absolute atomic E-state index is 0.0660. The van der Waals surface area contributed by atoms with Gasteiger partial charge in [0.25, 0.3) is 11.6 Å². The molecule has 0 aliphatic rings. The standard InChI is InChI=1S/C18H13F3N4O3/c19-18(20,21)15-4-2-1-3-12(15)9-22-17(26)14-10-23-24-16(14)11-5-7-13(8-6-11)25(27)28/h1-8,10H,9H2,(H,22,26)(H,23,24). The summed E-state index contributed by atoms with van der Waals surface area (Å²) < 4.78 is 39.1. The van der Waals surface area contributed by atoms with Gasteiger partial charge in [-0.3, -0.25) is 20.0 Å². The lowest BCUT2D eigenvalue weighted by Gasteiger charge is -2.13. The quantitative estimate of drug-likeness (QED) is 0.509. The van der Waals surface area contributed by atoms with E-state index in [4.69, 9.17) is 0 Å². The van der Waals surface area contributed by atoms with Gasteiger partial charge in [-0.05, 0) is 23.8 Å². The number of non-ortho nitro benzene ring substituents is 1. The van der Waals surface area contributed by atoms with E-state index in [0.717, 1.165) is 6.07 Å². The molecule has 0 saturated heterocycles. The number of alkyl halides is 3. The SMILES string of the molecule is O=C(NCc1ccccc1C(F)(F)F)c1cn[nH]c1-c1ccc([N+](=O)[O-])cc1. The van der Waals surface area contributed by atoms with E-state index >= 15 is 0 Å². The Morgan fingerprint density at radius 1 is 1.14 bits per heavy atom. The van der Waals surface area contributed by atoms with Crippen LogP contribution in [0.1, 0.15) is 21.5 Å². The maximum absolute atomic E-state index is 13.0. The summed E-state index contributed by atoms with van der Waals surface area (Å²) in [6.45, 7) is -0.320. The van der Waals surface area contributed by atoms with Gasteiger partial charge in [0, 0.05) is 24.2 Å². The molecule has 0 bridgehead atoms. The molecule has 3 rings (SSSR count). The molecule has 1 heterocycles. The molecule has 0 aliphatic heterocycles. The maximum atomic E-state index is 13.0. The van der Waals surface area contributed by atoms with E-state index in [-0.39, 0.29) is 23.4 Å². The van der Waals surface area contributed by atoms with Crippen LogP contribution in [0, 0.1) is 10.1 Å². The van der Waals surface area contributed by atoms with Gasteiger partial charge in [-0.2, -0.15) is 18.3 Å². The molecule has 0 aliphatic carbocycles. The van der Waals surface area contributed by atoms with Gasteiger partial charge < -0.3 is 5.32 Å². The summed E-state index contributed by atoms with van der Waals surface area (Å²) in [5.74, 6) is -0.626. The van der Waals surface area contributed by atoms with Crippen molar-refractivity contribution in [1.82, 2.24) is 15.5 Å². The molecule has 1 amide bonds. The predicted octanol–water partition coefficient (Wildman–Crippen LogP) is 3.93. The van der Waals surface area contributed by atoms with Gasteiger partial charge in [-0.25, -0.2) is 0 Å². The van der Waals surface area contributed by atoms with Crippen LogP contribution in [0.4, 0.5) is 18.9 Å². The fraction of sp³-hybridized carbons (Fsp3) is 0.111. The van der Waals surface area contributed by atoms with Crippen LogP contribution in [-0.4, -0.2) is 21.0 Å². The van der Waals surface area contributed by atoms with Gasteiger partial charge in [-0.15, -0.1) is 0 Å². The van der Waals surface area contributed by atoms with E-state index in [2.05, 4.69) is 15.5 Å². The molecule has 1 aromatic heterocycles. The average molecular weight is 390 g/mol. The fourth-order valence-corrected chi connectivity index (χ4v) is 2.65. The first-order valence-electron chi connectivity index (χ1n) is 7.99. The molecule has 2 aromatic carbocycles. The smallest absolute Gasteiger partial charge is 0.348 e. The minimum atomic E-state index is -4.53. The second kappa shape index (κ2) is 7.51. The Kier molecular flexibility index (Phi) is 5.12. The molecule has 28 heavy (non-hydrogen) atoms. The minimum Gasteiger partial charge on any atom is -0.348 e. The Morgan fingerprint density at radius 3 is 2.46 bits per heavy atom. The second-order valence-corrected chi connectivity index (χ2v) is 5.80. The van der Waals surface area contributed by atoms with Gasteiger partial charge in [0.15, 0.2) is 0 Å². The van der Waals surface area contributed by atoms with Crippen LogP contribution in [-0.2, 0) is 12.7 Å². The molecule has 0 spiro atoms. The Hall–Kier alpha value is -3.69. The number of H-pyrrole nitrogens is 1. The molecular formula is C18H13F3N4O3. The fourth-order valence-electron chi connectivity index (χ4n) is 2.65. The number of nitrogens with one attached hydrogen (secondary N) is 2. The van der Waals surface area contributed by atoms with E-state index in [1.807, 2.05) is 0 Å². The first-order valence-corrected chi connectivity index (χ1v) is 7.99. The zero-order valence-electron chi connectivity index (χ0n) is 14.2. The number of rotatable bonds is 5. The molecule has 10 heteroatoms. The van der Waals surface area contributed by atoms with Crippen molar-refractivity contribution in [3.05, 3.63) is 81.5 Å². The number of carbonyl (C=O) groups is 1. The Bertz CT molecular complexity index is 1010. The van der Waals surface area contributed by atoms with Crippen molar-refractivity contribution in [2.45, 2.75) is 12.7 Å². The molecule has 7 nitrogen and oxygen atoms in total. The van der Waals surface area contributed by atoms with Crippen LogP contribution in [0.15, 0.2) is 54.7 Å². The van der Waals surface area contributed by atoms with E-state index in [9.17, 15) is 28.1 Å². The summed E-state index contributed by atoms with van der Waals surface area (Å²) in [5.41, 5.74) is -0.112. The maximum Gasteiger partial charge on any atom is 0.416 e. The summed E-state index contributed by atoms with van der Waals surface area (Å²) in [6, 6.07) is 10.4. The number of hydrogen-bond acceptors (Lipinski definition) is 4. The second-order valence-electron chi connectivity index (χ2n) is 5.80. The zero-order valence-corrected chi connectivity index (χ0v) is 14.2. The predicted molar refractivity (Wildman–Crippen MR) is 93.3 cm³/mol. The van der Waals surface area contributed by atoms with Gasteiger partial charge in [-0.1, -0.05) is 18.2 Å². The largest absolute Gasteiger partial charge is 0.416 e. The highest BCUT2D eigenvalue weighted by Gasteiger charge is 2.32. The number of halogens is 3. The molecular weight excluding hydrogens is 377 g/mol. The number of aromatic nitrogens is 2. The molecule has 0 saturated carbocycles. The average Bonchev–Trinajstić information content (AvgIpc) is 3.15. The molecule has 3 aromatic rings. The van der Waals surface area contributed by atoms with Crippen LogP contribution in [0.5, 0.6) is 0 Å². The number of nitrogens with zero attached hydrogens (tertiary/aromatic N) is 2. The normalized spacial score (nSPS) is 11.2. The van der Waals surface area contributed by atoms with E-state index < -0.39 is 22.6 Å². The molecule has 0 fully saturated rings. The monoisotopic (exact) mass is 390 g/mol. The van der Waals surface area contributed by atoms with Crippen molar-refractivity contribution < 1.29 is 22.9 Å². The number of carbonyl (C=O) groups excluding carboxylic acids is 1. The summed E-state index contributed by atoms with van der Waals surface area (Å²) in [7, 11) is 0. The van der Waals surface area contributed by atoms with Gasteiger partial charge in [0.05, 0.1) is 27.9 Å². The molecule has 144 valence electrons. The zero-order chi connectivity index (χ0) is 20.3. The number of benzene rings is 2. The number of nitro benzene ring substituents is 1. The summed E-state index contributed by atoms with van der Waals surface area (Å²) >= 11 is 0. The van der Waals surface area contributed by atoms with Gasteiger partial charge in [0.1, 0.15) is 0 Å². The Morgan fingerprint density at radius 2 is 1.82 bits per heavy atom. The third kappa shape index (κ3) is 4.00. The highest BCUT2D eigenvalue weighted by Crippen LogP contribution is 2.32. The van der Waals surface area contributed by atoms with Gasteiger partial charge in [0.2, 0.25) is 0 Å². The Labute approximate surface area is 156 Å². The van der Waals surface area contributed by atoms with Crippen molar-refractivity contribution in [1.29, 1.82) is 0 Å². The van der Waals surface area contributed by atoms with E-state index in [1.165, 1.54) is 48.7 Å². The van der Waals surface area contributed by atoms with Crippen molar-refractivity contribution in [2.24, 2.45) is 0 Å². The third-order valence-electron chi connectivity index (χ3n) is 4.01. The summed E-state index contributed by atoms with van der Waals surface area (Å²) in [6.07, 6.45) is -3.29. The van der Waals surface area contributed by atoms with Crippen LogP contribution in [0.2, 0.25) is 0 Å². The van der Waals surface area contributed by atoms with Crippen LogP contribution in [0.25, 0.3) is 11.3 Å². The van der Waals surface area contributed by atoms with Crippen LogP contribution >= 0.6 is 0 Å². The molecule has 0 atom stereocenters. The molecule has 0 radical (unpaired) electrons. The van der Waals surface area contributed by atoms with Gasteiger partial charge >= 0.3 is 6.18 Å². The lowest BCUT2D eigenvalue weighted by Crippen LogP contribution is -2.24. The van der Waals surface area contributed by atoms with Crippen molar-refractivity contribution in [2.75, 3.05) is 0 Å². The lowest BCUT2D eigenvalue weighted by atomic mass is 10.1. The number of aromatic amines is 1. The highest BCUT2D eigenvalue weighted by molar-refractivity contribution is 5.99. The topological polar surface area (TPSA) is 101 Å². The summed E-state index contributed by atoms with van der Waals surface area (Å²) in [4.78, 5) is 22.6. The first-order chi connectivity index (χ1) is 13.3. The number of nitro groups is 1. The van der Waals surface area contributed by atoms with Crippen molar-refractivity contribution in [3.8, 4) is 11.3 Å². The van der Waals surface area contributed by atoms with Crippen LogP contribution in [0.3, 0.4) is 0 Å². The van der Waals surface area contributed by atoms with E-state index in [1.54, 1.807) is 0 Å².